The molecule has 2 fully saturated rings. The Morgan fingerprint density at radius 1 is 1.37 bits per heavy atom. The van der Waals surface area contributed by atoms with Crippen molar-refractivity contribution in [2.45, 2.75) is 44.5 Å². The van der Waals surface area contributed by atoms with Crippen LogP contribution in [-0.4, -0.2) is 47.9 Å². The van der Waals surface area contributed by atoms with Crippen LogP contribution >= 0.6 is 0 Å². The van der Waals surface area contributed by atoms with E-state index in [1.807, 2.05) is 0 Å². The minimum absolute atomic E-state index is 0. The Labute approximate surface area is 135 Å². The topological polar surface area (TPSA) is 86.7 Å². The van der Waals surface area contributed by atoms with Gasteiger partial charge in [0, 0.05) is 18.5 Å². The number of hydrogen-bond acceptors (Lipinski definition) is 5. The van der Waals surface area contributed by atoms with Gasteiger partial charge >= 0.3 is 35.7 Å². The minimum Gasteiger partial charge on any atom is -0.748 e. The maximum absolute atomic E-state index is 11.9. The first kappa shape index (κ1) is 17.2. The van der Waals surface area contributed by atoms with Gasteiger partial charge < -0.3 is 14.2 Å². The molecule has 1 amide bonds. The van der Waals surface area contributed by atoms with E-state index in [4.69, 9.17) is 4.74 Å². The number of likely N-dealkylation sites (tertiary alicyclic amines) is 1. The average Bonchev–Trinajstić information content (AvgIpc) is 2.72. The quantitative estimate of drug-likeness (QED) is 0.410. The van der Waals surface area contributed by atoms with Gasteiger partial charge in [-0.25, -0.2) is 13.2 Å². The first-order valence-corrected chi connectivity index (χ1v) is 7.43. The number of carbonyl (C=O) groups is 1. The van der Waals surface area contributed by atoms with E-state index in [1.165, 1.54) is 4.90 Å². The minimum atomic E-state index is -4.36. The maximum Gasteiger partial charge on any atom is 1.00 e. The molecule has 104 valence electrons. The van der Waals surface area contributed by atoms with Gasteiger partial charge in [-0.1, -0.05) is 0 Å². The monoisotopic (exact) mass is 299 g/mol. The van der Waals surface area contributed by atoms with Crippen LogP contribution in [0.25, 0.3) is 0 Å². The summed E-state index contributed by atoms with van der Waals surface area (Å²) in [5.41, 5.74) is -1.13. The molecule has 2 aliphatic rings. The molecule has 0 N–H and O–H groups in total. The average molecular weight is 299 g/mol. The molecular formula is C11H18NNaO5S. The second kappa shape index (κ2) is 5.18. The molecule has 19 heavy (non-hydrogen) atoms. The van der Waals surface area contributed by atoms with E-state index in [0.29, 0.717) is 19.4 Å². The first-order chi connectivity index (χ1) is 8.04. The predicted molar refractivity (Wildman–Crippen MR) is 63.0 cm³/mol. The molecule has 1 heterocycles. The third-order valence-electron chi connectivity index (χ3n) is 3.47. The largest absolute Gasteiger partial charge is 1.00 e. The van der Waals surface area contributed by atoms with Gasteiger partial charge in [0.1, 0.15) is 5.60 Å². The van der Waals surface area contributed by atoms with Gasteiger partial charge in [0.05, 0.1) is 15.4 Å². The number of carbonyl (C=O) groups excluding carboxylic acids is 1. The molecule has 8 heteroatoms. The second-order valence-corrected chi connectivity index (χ2v) is 7.76. The van der Waals surface area contributed by atoms with E-state index in [-0.39, 0.29) is 36.1 Å². The van der Waals surface area contributed by atoms with Gasteiger partial charge in [0.25, 0.3) is 0 Å². The Balaban J connectivity index is 0.00000180. The van der Waals surface area contributed by atoms with Crippen molar-refractivity contribution in [3.8, 4) is 0 Å². The molecule has 1 saturated carbocycles. The van der Waals surface area contributed by atoms with E-state index in [0.717, 1.165) is 0 Å². The number of hydrogen-bond donors (Lipinski definition) is 0. The van der Waals surface area contributed by atoms with Crippen molar-refractivity contribution in [1.29, 1.82) is 0 Å². The zero-order chi connectivity index (χ0) is 13.8. The first-order valence-electron chi connectivity index (χ1n) is 5.96. The summed E-state index contributed by atoms with van der Waals surface area (Å²) < 4.78 is 38.8. The number of ether oxygens (including phenoxy) is 1. The fourth-order valence-electron chi connectivity index (χ4n) is 2.44. The standard InChI is InChI=1S/C11H19NO5S.Na/c1-10(2,3)17-9(13)12-6-8(18(14,15)16)11(7-12)4-5-11;/h8H,4-7H2,1-3H3,(H,14,15,16);/q;+1/p-1. The van der Waals surface area contributed by atoms with Gasteiger partial charge in [-0.05, 0) is 33.6 Å². The van der Waals surface area contributed by atoms with Crippen molar-refractivity contribution in [2.24, 2.45) is 5.41 Å². The van der Waals surface area contributed by atoms with Crippen molar-refractivity contribution in [2.75, 3.05) is 13.1 Å². The van der Waals surface area contributed by atoms with Crippen LogP contribution in [0.5, 0.6) is 0 Å². The Hall–Kier alpha value is 0.180. The van der Waals surface area contributed by atoms with Gasteiger partial charge in [-0.15, -0.1) is 0 Å². The van der Waals surface area contributed by atoms with Gasteiger partial charge in [0.2, 0.25) is 0 Å². The van der Waals surface area contributed by atoms with E-state index >= 15 is 0 Å². The van der Waals surface area contributed by atoms with Crippen LogP contribution in [0, 0.1) is 5.41 Å². The Kier molecular flexibility index (Phi) is 4.70. The molecular weight excluding hydrogens is 281 g/mol. The number of amides is 1. The molecule has 0 aromatic rings. The molecule has 1 saturated heterocycles. The summed E-state index contributed by atoms with van der Waals surface area (Å²) in [5, 5.41) is -0.975. The molecule has 6 nitrogen and oxygen atoms in total. The van der Waals surface area contributed by atoms with Gasteiger partial charge in [-0.2, -0.15) is 0 Å². The molecule has 1 atom stereocenters. The summed E-state index contributed by atoms with van der Waals surface area (Å²) in [5.74, 6) is 0. The fourth-order valence-corrected chi connectivity index (χ4v) is 3.73. The number of nitrogens with zero attached hydrogens (tertiary/aromatic N) is 1. The molecule has 1 aliphatic heterocycles. The third kappa shape index (κ3) is 3.85. The SMILES string of the molecule is CC(C)(C)OC(=O)N1CC(S(=O)(=O)[O-])C2(CC2)C1.[Na+]. The van der Waals surface area contributed by atoms with Crippen LogP contribution < -0.4 is 29.6 Å². The van der Waals surface area contributed by atoms with Crippen molar-refractivity contribution in [1.82, 2.24) is 4.90 Å². The van der Waals surface area contributed by atoms with Gasteiger partial charge in [-0.3, -0.25) is 0 Å². The normalized spacial score (nSPS) is 25.1. The van der Waals surface area contributed by atoms with E-state index in [1.54, 1.807) is 20.8 Å². The van der Waals surface area contributed by atoms with Crippen molar-refractivity contribution in [3.05, 3.63) is 0 Å². The van der Waals surface area contributed by atoms with Crippen LogP contribution in [-0.2, 0) is 14.9 Å². The molecule has 1 spiro atoms. The van der Waals surface area contributed by atoms with E-state index in [2.05, 4.69) is 0 Å². The second-order valence-electron chi connectivity index (χ2n) is 6.20. The zero-order valence-electron chi connectivity index (χ0n) is 11.8. The van der Waals surface area contributed by atoms with Crippen LogP contribution in [0.2, 0.25) is 0 Å². The third-order valence-corrected chi connectivity index (χ3v) is 4.81. The van der Waals surface area contributed by atoms with Crippen LogP contribution in [0.1, 0.15) is 33.6 Å². The Bertz CT molecular complexity index is 466. The van der Waals surface area contributed by atoms with E-state index < -0.39 is 32.5 Å². The Morgan fingerprint density at radius 2 is 1.89 bits per heavy atom. The molecule has 1 aliphatic carbocycles. The summed E-state index contributed by atoms with van der Waals surface area (Å²) in [6, 6.07) is 0. The molecule has 0 aromatic carbocycles. The van der Waals surface area contributed by atoms with Gasteiger partial charge in [0.15, 0.2) is 0 Å². The summed E-state index contributed by atoms with van der Waals surface area (Å²) in [7, 11) is -4.36. The van der Waals surface area contributed by atoms with Crippen molar-refractivity contribution >= 4 is 16.2 Å². The number of rotatable bonds is 1. The maximum atomic E-state index is 11.9. The van der Waals surface area contributed by atoms with Crippen LogP contribution in [0.15, 0.2) is 0 Å². The summed E-state index contributed by atoms with van der Waals surface area (Å²) in [6.45, 7) is 5.51. The predicted octanol–water partition coefficient (Wildman–Crippen LogP) is -2.06. The summed E-state index contributed by atoms with van der Waals surface area (Å²) >= 11 is 0. The molecule has 2 rings (SSSR count). The summed E-state index contributed by atoms with van der Waals surface area (Å²) in [4.78, 5) is 13.2. The molecule has 0 bridgehead atoms. The van der Waals surface area contributed by atoms with Crippen molar-refractivity contribution in [3.63, 3.8) is 0 Å². The Morgan fingerprint density at radius 3 is 2.21 bits per heavy atom. The van der Waals surface area contributed by atoms with Crippen LogP contribution in [0.4, 0.5) is 4.79 Å². The van der Waals surface area contributed by atoms with E-state index in [9.17, 15) is 17.8 Å². The van der Waals surface area contributed by atoms with Crippen LogP contribution in [0.3, 0.4) is 0 Å². The zero-order valence-corrected chi connectivity index (χ0v) is 14.6. The fraction of sp³-hybridized carbons (Fsp3) is 0.909. The summed E-state index contributed by atoms with van der Waals surface area (Å²) in [6.07, 6.45) is 0.844. The van der Waals surface area contributed by atoms with Crippen molar-refractivity contribution < 1.29 is 52.1 Å². The molecule has 1 unspecified atom stereocenters. The molecule has 0 radical (unpaired) electrons. The molecule has 0 aromatic heterocycles. The smallest absolute Gasteiger partial charge is 0.748 e.